The highest BCUT2D eigenvalue weighted by Gasteiger charge is 2.14. The number of rotatable bonds is 9. The van der Waals surface area contributed by atoms with E-state index in [0.717, 1.165) is 37.3 Å². The highest BCUT2D eigenvalue weighted by molar-refractivity contribution is 5.79. The second-order valence-electron chi connectivity index (χ2n) is 7.30. The van der Waals surface area contributed by atoms with Crippen molar-refractivity contribution < 1.29 is 0 Å². The van der Waals surface area contributed by atoms with Crippen LogP contribution in [0.1, 0.15) is 65.1 Å². The topological polar surface area (TPSA) is 54.2 Å². The summed E-state index contributed by atoms with van der Waals surface area (Å²) in [6.07, 6.45) is 12.3. The Bertz CT molecular complexity index is 486. The van der Waals surface area contributed by atoms with Gasteiger partial charge in [0.15, 0.2) is 5.96 Å². The molecule has 1 heterocycles. The van der Waals surface area contributed by atoms with Gasteiger partial charge >= 0.3 is 0 Å². The Morgan fingerprint density at radius 2 is 2.12 bits per heavy atom. The Morgan fingerprint density at radius 3 is 2.83 bits per heavy atom. The summed E-state index contributed by atoms with van der Waals surface area (Å²) in [7, 11) is 0. The summed E-state index contributed by atoms with van der Waals surface area (Å²) < 4.78 is 2.21. The van der Waals surface area contributed by atoms with Gasteiger partial charge in [-0.1, -0.05) is 39.5 Å². The van der Waals surface area contributed by atoms with Crippen LogP contribution in [0.3, 0.4) is 0 Å². The first-order chi connectivity index (χ1) is 11.7. The van der Waals surface area contributed by atoms with Crippen LogP contribution in [0.5, 0.6) is 0 Å². The van der Waals surface area contributed by atoms with Crippen LogP contribution in [0.15, 0.2) is 17.4 Å². The third kappa shape index (κ3) is 6.54. The second kappa shape index (κ2) is 10.4. The highest BCUT2D eigenvalue weighted by Crippen LogP contribution is 2.28. The van der Waals surface area contributed by atoms with E-state index >= 15 is 0 Å². The third-order valence-corrected chi connectivity index (χ3v) is 4.64. The SMILES string of the molecule is CCNC(=NCc1nccn1CC(C)C)NCCCC1CCCC1. The van der Waals surface area contributed by atoms with E-state index in [0.29, 0.717) is 12.5 Å². The van der Waals surface area contributed by atoms with Gasteiger partial charge in [-0.3, -0.25) is 0 Å². The zero-order valence-corrected chi connectivity index (χ0v) is 15.7. The van der Waals surface area contributed by atoms with Gasteiger partial charge in [-0.25, -0.2) is 9.98 Å². The van der Waals surface area contributed by atoms with Crippen molar-refractivity contribution >= 4 is 5.96 Å². The molecular weight excluding hydrogens is 298 g/mol. The van der Waals surface area contributed by atoms with Crippen molar-refractivity contribution in [3.63, 3.8) is 0 Å². The largest absolute Gasteiger partial charge is 0.357 e. The van der Waals surface area contributed by atoms with E-state index in [1.165, 1.54) is 38.5 Å². The minimum Gasteiger partial charge on any atom is -0.357 e. The summed E-state index contributed by atoms with van der Waals surface area (Å²) in [6, 6.07) is 0. The Hall–Kier alpha value is -1.52. The summed E-state index contributed by atoms with van der Waals surface area (Å²) in [4.78, 5) is 9.15. The number of hydrogen-bond acceptors (Lipinski definition) is 2. The van der Waals surface area contributed by atoms with E-state index in [1.807, 2.05) is 12.4 Å². The van der Waals surface area contributed by atoms with Crippen LogP contribution in [0, 0.1) is 11.8 Å². The van der Waals surface area contributed by atoms with Crippen LogP contribution in [-0.2, 0) is 13.1 Å². The third-order valence-electron chi connectivity index (χ3n) is 4.64. The zero-order valence-electron chi connectivity index (χ0n) is 15.7. The van der Waals surface area contributed by atoms with E-state index in [9.17, 15) is 0 Å². The van der Waals surface area contributed by atoms with E-state index in [4.69, 9.17) is 4.99 Å². The maximum atomic E-state index is 4.70. The van der Waals surface area contributed by atoms with Gasteiger partial charge in [0.05, 0.1) is 0 Å². The van der Waals surface area contributed by atoms with Crippen LogP contribution < -0.4 is 10.6 Å². The summed E-state index contributed by atoms with van der Waals surface area (Å²) in [5.41, 5.74) is 0. The number of nitrogens with zero attached hydrogens (tertiary/aromatic N) is 3. The van der Waals surface area contributed by atoms with Crippen molar-refractivity contribution in [1.29, 1.82) is 0 Å². The number of hydrogen-bond donors (Lipinski definition) is 2. The molecule has 0 radical (unpaired) electrons. The standard InChI is InChI=1S/C19H35N5/c1-4-20-19(22-11-7-10-17-8-5-6-9-17)23-14-18-21-12-13-24(18)15-16(2)3/h12-13,16-17H,4-11,14-15H2,1-3H3,(H2,20,22,23). The number of guanidine groups is 1. The molecule has 0 spiro atoms. The highest BCUT2D eigenvalue weighted by atomic mass is 15.2. The maximum Gasteiger partial charge on any atom is 0.191 e. The lowest BCUT2D eigenvalue weighted by Crippen LogP contribution is -2.37. The van der Waals surface area contributed by atoms with Crippen molar-refractivity contribution in [2.45, 2.75) is 72.4 Å². The van der Waals surface area contributed by atoms with Gasteiger partial charge in [0.1, 0.15) is 12.4 Å². The lowest BCUT2D eigenvalue weighted by molar-refractivity contribution is 0.481. The van der Waals surface area contributed by atoms with Crippen LogP contribution >= 0.6 is 0 Å². The molecule has 0 aliphatic heterocycles. The van der Waals surface area contributed by atoms with Gasteiger partial charge in [0.25, 0.3) is 0 Å². The van der Waals surface area contributed by atoms with E-state index in [1.54, 1.807) is 0 Å². The lowest BCUT2D eigenvalue weighted by Gasteiger charge is -2.13. The molecule has 24 heavy (non-hydrogen) atoms. The average Bonchev–Trinajstić information content (AvgIpc) is 3.20. The van der Waals surface area contributed by atoms with E-state index < -0.39 is 0 Å². The van der Waals surface area contributed by atoms with Gasteiger partial charge < -0.3 is 15.2 Å². The van der Waals surface area contributed by atoms with Crippen LogP contribution in [0.4, 0.5) is 0 Å². The van der Waals surface area contributed by atoms with E-state index in [2.05, 4.69) is 41.0 Å². The van der Waals surface area contributed by atoms with Gasteiger partial charge in [-0.2, -0.15) is 0 Å². The zero-order chi connectivity index (χ0) is 17.2. The molecule has 1 fully saturated rings. The lowest BCUT2D eigenvalue weighted by atomic mass is 10.0. The number of aromatic nitrogens is 2. The monoisotopic (exact) mass is 333 g/mol. The molecule has 136 valence electrons. The Labute approximate surface area is 147 Å². The molecule has 0 bridgehead atoms. The summed E-state index contributed by atoms with van der Waals surface area (Å²) >= 11 is 0. The fourth-order valence-electron chi connectivity index (χ4n) is 3.44. The van der Waals surface area contributed by atoms with Crippen LogP contribution in [0.2, 0.25) is 0 Å². The normalized spacial score (nSPS) is 16.1. The predicted molar refractivity (Wildman–Crippen MR) is 101 cm³/mol. The predicted octanol–water partition coefficient (Wildman–Crippen LogP) is 3.56. The molecule has 2 N–H and O–H groups in total. The first-order valence-corrected chi connectivity index (χ1v) is 9.71. The van der Waals surface area contributed by atoms with Gasteiger partial charge in [-0.05, 0) is 31.6 Å². The molecule has 5 heteroatoms. The summed E-state index contributed by atoms with van der Waals surface area (Å²) in [5, 5.41) is 6.80. The fraction of sp³-hybridized carbons (Fsp3) is 0.789. The smallest absolute Gasteiger partial charge is 0.191 e. The van der Waals surface area contributed by atoms with E-state index in [-0.39, 0.29) is 0 Å². The van der Waals surface area contributed by atoms with Crippen molar-refractivity contribution in [3.05, 3.63) is 18.2 Å². The Morgan fingerprint density at radius 1 is 1.33 bits per heavy atom. The maximum absolute atomic E-state index is 4.70. The van der Waals surface area contributed by atoms with Crippen LogP contribution in [0.25, 0.3) is 0 Å². The molecule has 1 aliphatic rings. The first-order valence-electron chi connectivity index (χ1n) is 9.71. The molecule has 0 saturated heterocycles. The molecule has 5 nitrogen and oxygen atoms in total. The van der Waals surface area contributed by atoms with Crippen molar-refractivity contribution in [2.75, 3.05) is 13.1 Å². The van der Waals surface area contributed by atoms with Crippen molar-refractivity contribution in [2.24, 2.45) is 16.8 Å². The molecule has 1 saturated carbocycles. The van der Waals surface area contributed by atoms with Gasteiger partial charge in [-0.15, -0.1) is 0 Å². The van der Waals surface area contributed by atoms with Crippen molar-refractivity contribution in [1.82, 2.24) is 20.2 Å². The molecule has 1 aliphatic carbocycles. The fourth-order valence-corrected chi connectivity index (χ4v) is 3.44. The summed E-state index contributed by atoms with van der Waals surface area (Å²) in [5.74, 6) is 3.52. The van der Waals surface area contributed by atoms with Crippen LogP contribution in [-0.4, -0.2) is 28.6 Å². The molecule has 0 atom stereocenters. The molecular formula is C19H35N5. The van der Waals surface area contributed by atoms with Gasteiger partial charge in [0, 0.05) is 32.0 Å². The Kier molecular flexibility index (Phi) is 8.13. The molecule has 0 amide bonds. The average molecular weight is 334 g/mol. The van der Waals surface area contributed by atoms with Gasteiger partial charge in [0.2, 0.25) is 0 Å². The molecule has 2 rings (SSSR count). The quantitative estimate of drug-likeness (QED) is 0.413. The molecule has 0 unspecified atom stereocenters. The second-order valence-corrected chi connectivity index (χ2v) is 7.30. The summed E-state index contributed by atoms with van der Waals surface area (Å²) in [6.45, 7) is 10.1. The van der Waals surface area contributed by atoms with Crippen molar-refractivity contribution in [3.8, 4) is 0 Å². The number of nitrogens with one attached hydrogen (secondary N) is 2. The minimum atomic E-state index is 0.615. The molecule has 1 aromatic rings. The number of imidazole rings is 1. The first kappa shape index (κ1) is 18.8. The Balaban J connectivity index is 1.78. The minimum absolute atomic E-state index is 0.615. The molecule has 1 aromatic heterocycles. The molecule has 0 aromatic carbocycles. The number of aliphatic imine (C=N–C) groups is 1.